The van der Waals surface area contributed by atoms with Gasteiger partial charge < -0.3 is 14.2 Å². The van der Waals surface area contributed by atoms with Crippen LogP contribution in [0.15, 0.2) is 23.0 Å². The minimum absolute atomic E-state index is 0.0619. The molecule has 0 radical (unpaired) electrons. The molecule has 23 heavy (non-hydrogen) atoms. The lowest BCUT2D eigenvalue weighted by Gasteiger charge is -2.32. The van der Waals surface area contributed by atoms with Gasteiger partial charge in [0.05, 0.1) is 11.8 Å². The van der Waals surface area contributed by atoms with Gasteiger partial charge in [0.25, 0.3) is 5.91 Å². The SMILES string of the molecule is CC[C@@H](C)N(CCC(=O)N1CCC(C)CC1)C(=O)c1ccoc1. The first kappa shape index (κ1) is 17.6. The normalized spacial score (nSPS) is 17.1. The molecule has 128 valence electrons. The number of nitrogens with zero attached hydrogens (tertiary/aromatic N) is 2. The summed E-state index contributed by atoms with van der Waals surface area (Å²) in [5.74, 6) is 0.802. The molecule has 1 aliphatic heterocycles. The van der Waals surface area contributed by atoms with Crippen LogP contribution in [0.3, 0.4) is 0 Å². The molecule has 0 saturated carbocycles. The second-order valence-corrected chi connectivity index (χ2v) is 6.58. The summed E-state index contributed by atoms with van der Waals surface area (Å²) >= 11 is 0. The molecular weight excluding hydrogens is 292 g/mol. The molecule has 5 nitrogen and oxygen atoms in total. The highest BCUT2D eigenvalue weighted by Crippen LogP contribution is 2.17. The summed E-state index contributed by atoms with van der Waals surface area (Å²) in [5.41, 5.74) is 0.546. The van der Waals surface area contributed by atoms with Crippen LogP contribution in [0.25, 0.3) is 0 Å². The van der Waals surface area contributed by atoms with Crippen LogP contribution in [0.1, 0.15) is 56.8 Å². The maximum absolute atomic E-state index is 12.6. The van der Waals surface area contributed by atoms with E-state index in [2.05, 4.69) is 6.92 Å². The van der Waals surface area contributed by atoms with Gasteiger partial charge in [0.1, 0.15) is 6.26 Å². The van der Waals surface area contributed by atoms with Gasteiger partial charge in [-0.15, -0.1) is 0 Å². The first-order valence-corrected chi connectivity index (χ1v) is 8.63. The van der Waals surface area contributed by atoms with Crippen molar-refractivity contribution in [2.75, 3.05) is 19.6 Å². The molecule has 2 rings (SSSR count). The zero-order valence-corrected chi connectivity index (χ0v) is 14.5. The number of carbonyl (C=O) groups is 2. The van der Waals surface area contributed by atoms with Crippen LogP contribution >= 0.6 is 0 Å². The third-order valence-corrected chi connectivity index (χ3v) is 4.85. The molecule has 0 spiro atoms. The second-order valence-electron chi connectivity index (χ2n) is 6.58. The van der Waals surface area contributed by atoms with Gasteiger partial charge in [-0.2, -0.15) is 0 Å². The molecule has 0 unspecified atom stereocenters. The maximum atomic E-state index is 12.6. The topological polar surface area (TPSA) is 53.8 Å². The fourth-order valence-corrected chi connectivity index (χ4v) is 2.93. The first-order chi connectivity index (χ1) is 11.0. The Morgan fingerprint density at radius 3 is 2.65 bits per heavy atom. The molecule has 0 bridgehead atoms. The average molecular weight is 320 g/mol. The van der Waals surface area contributed by atoms with E-state index in [1.165, 1.54) is 12.5 Å². The van der Waals surface area contributed by atoms with Crippen LogP contribution in [0, 0.1) is 5.92 Å². The van der Waals surface area contributed by atoms with Gasteiger partial charge in [0.15, 0.2) is 0 Å². The smallest absolute Gasteiger partial charge is 0.257 e. The van der Waals surface area contributed by atoms with E-state index >= 15 is 0 Å². The van der Waals surface area contributed by atoms with E-state index in [-0.39, 0.29) is 17.9 Å². The van der Waals surface area contributed by atoms with E-state index < -0.39 is 0 Å². The highest BCUT2D eigenvalue weighted by Gasteiger charge is 2.24. The number of hydrogen-bond acceptors (Lipinski definition) is 3. The van der Waals surface area contributed by atoms with Crippen LogP contribution in [-0.2, 0) is 4.79 Å². The van der Waals surface area contributed by atoms with Crippen molar-refractivity contribution in [3.63, 3.8) is 0 Å². The zero-order valence-electron chi connectivity index (χ0n) is 14.5. The molecule has 2 heterocycles. The largest absolute Gasteiger partial charge is 0.472 e. The molecule has 0 N–H and O–H groups in total. The van der Waals surface area contributed by atoms with E-state index in [0.717, 1.165) is 32.4 Å². The van der Waals surface area contributed by atoms with E-state index in [1.807, 2.05) is 18.7 Å². The maximum Gasteiger partial charge on any atom is 0.257 e. The van der Waals surface area contributed by atoms with Crippen molar-refractivity contribution in [3.05, 3.63) is 24.2 Å². The highest BCUT2D eigenvalue weighted by molar-refractivity contribution is 5.94. The van der Waals surface area contributed by atoms with Crippen LogP contribution in [-0.4, -0.2) is 47.3 Å². The van der Waals surface area contributed by atoms with Crippen molar-refractivity contribution in [2.45, 2.75) is 52.5 Å². The molecular formula is C18H28N2O3. The van der Waals surface area contributed by atoms with Crippen molar-refractivity contribution in [1.82, 2.24) is 9.80 Å². The minimum Gasteiger partial charge on any atom is -0.472 e. The minimum atomic E-state index is -0.0619. The summed E-state index contributed by atoms with van der Waals surface area (Å²) in [5, 5.41) is 0. The van der Waals surface area contributed by atoms with Crippen LogP contribution in [0.4, 0.5) is 0 Å². The Kier molecular flexibility index (Phi) is 6.25. The van der Waals surface area contributed by atoms with Gasteiger partial charge in [-0.05, 0) is 38.2 Å². The van der Waals surface area contributed by atoms with Gasteiger partial charge in [0, 0.05) is 32.1 Å². The first-order valence-electron chi connectivity index (χ1n) is 8.63. The number of amides is 2. The predicted molar refractivity (Wildman–Crippen MR) is 89.1 cm³/mol. The summed E-state index contributed by atoms with van der Waals surface area (Å²) in [6.07, 6.45) is 6.37. The number of piperidine rings is 1. The van der Waals surface area contributed by atoms with Gasteiger partial charge in [-0.1, -0.05) is 13.8 Å². The van der Waals surface area contributed by atoms with E-state index in [9.17, 15) is 9.59 Å². The van der Waals surface area contributed by atoms with Gasteiger partial charge >= 0.3 is 0 Å². The average Bonchev–Trinajstić information content (AvgIpc) is 3.09. The monoisotopic (exact) mass is 320 g/mol. The summed E-state index contributed by atoms with van der Waals surface area (Å²) in [4.78, 5) is 28.7. The Hall–Kier alpha value is -1.78. The van der Waals surface area contributed by atoms with Crippen molar-refractivity contribution >= 4 is 11.8 Å². The standard InChI is InChI=1S/C18H28N2O3/c1-4-15(3)20(18(22)16-8-12-23-13-16)11-7-17(21)19-9-5-14(2)6-10-19/h8,12-15H,4-7,9-11H2,1-3H3/t15-/m1/s1. The van der Waals surface area contributed by atoms with Gasteiger partial charge in [-0.25, -0.2) is 0 Å². The fourth-order valence-electron chi connectivity index (χ4n) is 2.93. The summed E-state index contributed by atoms with van der Waals surface area (Å²) in [7, 11) is 0. The molecule has 0 aliphatic carbocycles. The zero-order chi connectivity index (χ0) is 16.8. The molecule has 1 aromatic rings. The summed E-state index contributed by atoms with van der Waals surface area (Å²) < 4.78 is 5.01. The van der Waals surface area contributed by atoms with Crippen LogP contribution in [0.2, 0.25) is 0 Å². The molecule has 1 atom stereocenters. The lowest BCUT2D eigenvalue weighted by Crippen LogP contribution is -2.43. The summed E-state index contributed by atoms with van der Waals surface area (Å²) in [6, 6.07) is 1.78. The van der Waals surface area contributed by atoms with Crippen LogP contribution < -0.4 is 0 Å². The number of rotatable bonds is 6. The van der Waals surface area contributed by atoms with E-state index in [4.69, 9.17) is 4.42 Å². The Balaban J connectivity index is 1.93. The molecule has 1 fully saturated rings. The molecule has 1 saturated heterocycles. The van der Waals surface area contributed by atoms with E-state index in [1.54, 1.807) is 11.0 Å². The molecule has 0 aromatic carbocycles. The highest BCUT2D eigenvalue weighted by atomic mass is 16.3. The number of hydrogen-bond donors (Lipinski definition) is 0. The molecule has 2 amide bonds. The van der Waals surface area contributed by atoms with Crippen molar-refractivity contribution in [3.8, 4) is 0 Å². The Morgan fingerprint density at radius 2 is 2.09 bits per heavy atom. The Bertz CT molecular complexity index is 504. The second kappa shape index (κ2) is 8.18. The molecule has 1 aromatic heterocycles. The van der Waals surface area contributed by atoms with Crippen LogP contribution in [0.5, 0.6) is 0 Å². The van der Waals surface area contributed by atoms with Crippen molar-refractivity contribution in [1.29, 1.82) is 0 Å². The van der Waals surface area contributed by atoms with Gasteiger partial charge in [-0.3, -0.25) is 9.59 Å². The lowest BCUT2D eigenvalue weighted by molar-refractivity contribution is -0.132. The predicted octanol–water partition coefficient (Wildman–Crippen LogP) is 3.17. The van der Waals surface area contributed by atoms with Crippen molar-refractivity contribution in [2.24, 2.45) is 5.92 Å². The third kappa shape index (κ3) is 4.60. The summed E-state index contributed by atoms with van der Waals surface area (Å²) in [6.45, 7) is 8.46. The molecule has 5 heteroatoms. The van der Waals surface area contributed by atoms with Crippen molar-refractivity contribution < 1.29 is 14.0 Å². The van der Waals surface area contributed by atoms with E-state index in [0.29, 0.717) is 24.4 Å². The number of likely N-dealkylation sites (tertiary alicyclic amines) is 1. The number of carbonyl (C=O) groups excluding carboxylic acids is 2. The number of furan rings is 1. The Labute approximate surface area is 138 Å². The third-order valence-electron chi connectivity index (χ3n) is 4.85. The Morgan fingerprint density at radius 1 is 1.39 bits per heavy atom. The quantitative estimate of drug-likeness (QED) is 0.809. The molecule has 1 aliphatic rings. The van der Waals surface area contributed by atoms with Gasteiger partial charge in [0.2, 0.25) is 5.91 Å². The fraction of sp³-hybridized carbons (Fsp3) is 0.667. The lowest BCUT2D eigenvalue weighted by atomic mass is 9.99.